The first-order chi connectivity index (χ1) is 12.1. The average molecular weight is 344 g/mol. The Morgan fingerprint density at radius 2 is 1.84 bits per heavy atom. The molecule has 6 heteroatoms. The lowest BCUT2D eigenvalue weighted by atomic mass is 9.93. The number of hydrogen-bond donors (Lipinski definition) is 3. The molecule has 1 saturated carbocycles. The number of nitrogens with one attached hydrogen (secondary N) is 1. The van der Waals surface area contributed by atoms with Gasteiger partial charge in [0.15, 0.2) is 0 Å². The molecule has 3 N–H and O–H groups in total. The summed E-state index contributed by atoms with van der Waals surface area (Å²) in [6.45, 7) is 0.554. The highest BCUT2D eigenvalue weighted by Gasteiger charge is 2.41. The third-order valence-electron chi connectivity index (χ3n) is 4.78. The van der Waals surface area contributed by atoms with Crippen molar-refractivity contribution in [2.75, 3.05) is 14.2 Å². The average Bonchev–Trinajstić information content (AvgIpc) is 2.95. The minimum Gasteiger partial charge on any atom is -0.497 e. The number of aliphatic hydroxyl groups is 2. The van der Waals surface area contributed by atoms with Crippen LogP contribution in [-0.2, 0) is 6.54 Å². The molecule has 4 atom stereocenters. The van der Waals surface area contributed by atoms with Gasteiger partial charge in [-0.2, -0.15) is 0 Å². The van der Waals surface area contributed by atoms with Crippen LogP contribution in [0.3, 0.4) is 0 Å². The molecule has 0 aliphatic heterocycles. The smallest absolute Gasteiger partial charge is 0.212 e. The van der Waals surface area contributed by atoms with E-state index in [0.29, 0.717) is 18.8 Å². The predicted octanol–water partition coefficient (Wildman–Crippen LogP) is 1.47. The van der Waals surface area contributed by atoms with Gasteiger partial charge in [-0.15, -0.1) is 0 Å². The van der Waals surface area contributed by atoms with Crippen molar-refractivity contribution >= 4 is 0 Å². The van der Waals surface area contributed by atoms with Gasteiger partial charge < -0.3 is 25.0 Å². The second kappa shape index (κ2) is 7.82. The van der Waals surface area contributed by atoms with Gasteiger partial charge in [-0.3, -0.25) is 0 Å². The molecule has 25 heavy (non-hydrogen) atoms. The minimum atomic E-state index is -0.807. The number of nitrogens with zero attached hydrogens (tertiary/aromatic N) is 1. The Labute approximate surface area is 147 Å². The summed E-state index contributed by atoms with van der Waals surface area (Å²) in [6.07, 6.45) is 0.717. The molecule has 134 valence electrons. The maximum absolute atomic E-state index is 10.4. The Balaban J connectivity index is 1.71. The minimum absolute atomic E-state index is 0.0297. The summed E-state index contributed by atoms with van der Waals surface area (Å²) in [7, 11) is 3.21. The van der Waals surface area contributed by atoms with Crippen molar-refractivity contribution < 1.29 is 19.7 Å². The number of methoxy groups -OCH3 is 2. The first kappa shape index (κ1) is 17.7. The van der Waals surface area contributed by atoms with E-state index >= 15 is 0 Å². The van der Waals surface area contributed by atoms with Gasteiger partial charge in [0, 0.05) is 30.8 Å². The molecule has 0 radical (unpaired) electrons. The summed E-state index contributed by atoms with van der Waals surface area (Å²) in [5.41, 5.74) is 2.06. The zero-order valence-electron chi connectivity index (χ0n) is 14.4. The molecular weight excluding hydrogens is 320 g/mol. The highest BCUT2D eigenvalue weighted by molar-refractivity contribution is 5.32. The fraction of sp³-hybridized carbons (Fsp3) is 0.421. The fourth-order valence-corrected chi connectivity index (χ4v) is 3.35. The Bertz CT molecular complexity index is 675. The summed E-state index contributed by atoms with van der Waals surface area (Å²) in [5.74, 6) is 1.38. The third-order valence-corrected chi connectivity index (χ3v) is 4.78. The Kier molecular flexibility index (Phi) is 5.53. The first-order valence-corrected chi connectivity index (χ1v) is 8.34. The zero-order valence-corrected chi connectivity index (χ0v) is 14.4. The van der Waals surface area contributed by atoms with Gasteiger partial charge in [0.2, 0.25) is 5.88 Å². The number of ether oxygens (including phenoxy) is 2. The van der Waals surface area contributed by atoms with Crippen LogP contribution in [0.25, 0.3) is 0 Å². The van der Waals surface area contributed by atoms with Gasteiger partial charge in [-0.1, -0.05) is 18.2 Å². The molecule has 0 amide bonds. The van der Waals surface area contributed by atoms with E-state index in [1.54, 1.807) is 26.5 Å². The maximum Gasteiger partial charge on any atom is 0.212 e. The van der Waals surface area contributed by atoms with Crippen LogP contribution in [0.1, 0.15) is 23.5 Å². The standard InChI is InChI=1S/C19H24N2O4/c1-24-14-6-4-13(5-7-14)15-9-16(22)19(23)18(15)21-11-12-3-8-17(25-2)20-10-12/h3-8,10,15-16,18-19,21-23H,9,11H2,1-2H3. The lowest BCUT2D eigenvalue weighted by Gasteiger charge is -2.24. The fourth-order valence-electron chi connectivity index (χ4n) is 3.35. The Morgan fingerprint density at radius 3 is 2.44 bits per heavy atom. The largest absolute Gasteiger partial charge is 0.497 e. The molecule has 0 saturated heterocycles. The summed E-state index contributed by atoms with van der Waals surface area (Å²) >= 11 is 0. The van der Waals surface area contributed by atoms with E-state index in [-0.39, 0.29) is 12.0 Å². The molecule has 1 aromatic heterocycles. The molecule has 4 unspecified atom stereocenters. The van der Waals surface area contributed by atoms with E-state index in [1.165, 1.54) is 0 Å². The van der Waals surface area contributed by atoms with E-state index in [0.717, 1.165) is 16.9 Å². The van der Waals surface area contributed by atoms with E-state index in [1.807, 2.05) is 30.3 Å². The molecule has 1 aromatic carbocycles. The molecule has 2 aromatic rings. The summed E-state index contributed by atoms with van der Waals surface area (Å²) in [6, 6.07) is 11.3. The van der Waals surface area contributed by atoms with Crippen molar-refractivity contribution in [3.8, 4) is 11.6 Å². The SMILES string of the molecule is COc1ccc(C2CC(O)C(O)C2NCc2ccc(OC)nc2)cc1. The molecule has 1 aliphatic rings. The molecule has 6 nitrogen and oxygen atoms in total. The van der Waals surface area contributed by atoms with E-state index < -0.39 is 12.2 Å². The summed E-state index contributed by atoms with van der Waals surface area (Å²) < 4.78 is 10.3. The van der Waals surface area contributed by atoms with Crippen molar-refractivity contribution in [2.24, 2.45) is 0 Å². The number of pyridine rings is 1. The first-order valence-electron chi connectivity index (χ1n) is 8.34. The molecule has 0 bridgehead atoms. The van der Waals surface area contributed by atoms with Crippen LogP contribution in [0, 0.1) is 0 Å². The highest BCUT2D eigenvalue weighted by atomic mass is 16.5. The number of aliphatic hydroxyl groups excluding tert-OH is 2. The van der Waals surface area contributed by atoms with Gasteiger partial charge in [0.25, 0.3) is 0 Å². The topological polar surface area (TPSA) is 83.8 Å². The van der Waals surface area contributed by atoms with Gasteiger partial charge in [0.05, 0.1) is 26.4 Å². The molecule has 1 aliphatic carbocycles. The van der Waals surface area contributed by atoms with Crippen LogP contribution < -0.4 is 14.8 Å². The van der Waals surface area contributed by atoms with E-state index in [2.05, 4.69) is 10.3 Å². The molecule has 1 fully saturated rings. The second-order valence-corrected chi connectivity index (χ2v) is 6.29. The molecule has 3 rings (SSSR count). The van der Waals surface area contributed by atoms with Crippen molar-refractivity contribution in [1.82, 2.24) is 10.3 Å². The van der Waals surface area contributed by atoms with Gasteiger partial charge in [0.1, 0.15) is 5.75 Å². The Hall–Kier alpha value is -2.15. The predicted molar refractivity (Wildman–Crippen MR) is 93.8 cm³/mol. The van der Waals surface area contributed by atoms with Gasteiger partial charge in [-0.25, -0.2) is 4.98 Å². The number of benzene rings is 1. The van der Waals surface area contributed by atoms with Crippen molar-refractivity contribution in [3.63, 3.8) is 0 Å². The summed E-state index contributed by atoms with van der Waals surface area (Å²) in [4.78, 5) is 4.18. The summed E-state index contributed by atoms with van der Waals surface area (Å²) in [5, 5.41) is 23.9. The van der Waals surface area contributed by atoms with Crippen LogP contribution in [0.15, 0.2) is 42.6 Å². The van der Waals surface area contributed by atoms with E-state index in [4.69, 9.17) is 9.47 Å². The molecule has 1 heterocycles. The highest BCUT2D eigenvalue weighted by Crippen LogP contribution is 2.36. The lowest BCUT2D eigenvalue weighted by molar-refractivity contribution is 0.0297. The van der Waals surface area contributed by atoms with Crippen LogP contribution >= 0.6 is 0 Å². The maximum atomic E-state index is 10.4. The lowest BCUT2D eigenvalue weighted by Crippen LogP contribution is -2.41. The van der Waals surface area contributed by atoms with Crippen LogP contribution in [0.2, 0.25) is 0 Å². The number of rotatable bonds is 6. The molecular formula is C19H24N2O4. The normalized spacial score (nSPS) is 25.8. The number of aromatic nitrogens is 1. The van der Waals surface area contributed by atoms with Gasteiger partial charge >= 0.3 is 0 Å². The van der Waals surface area contributed by atoms with Crippen LogP contribution in [-0.4, -0.2) is 47.7 Å². The third kappa shape index (κ3) is 3.92. The quantitative estimate of drug-likeness (QED) is 0.736. The monoisotopic (exact) mass is 344 g/mol. The second-order valence-electron chi connectivity index (χ2n) is 6.29. The number of hydrogen-bond acceptors (Lipinski definition) is 6. The van der Waals surface area contributed by atoms with Crippen molar-refractivity contribution in [2.45, 2.75) is 37.1 Å². The Morgan fingerprint density at radius 1 is 1.08 bits per heavy atom. The zero-order chi connectivity index (χ0) is 17.8. The van der Waals surface area contributed by atoms with Crippen molar-refractivity contribution in [3.05, 3.63) is 53.7 Å². The van der Waals surface area contributed by atoms with Crippen LogP contribution in [0.4, 0.5) is 0 Å². The van der Waals surface area contributed by atoms with Gasteiger partial charge in [-0.05, 0) is 29.7 Å². The molecule has 0 spiro atoms. The van der Waals surface area contributed by atoms with Crippen LogP contribution in [0.5, 0.6) is 11.6 Å². The van der Waals surface area contributed by atoms with Crippen molar-refractivity contribution in [1.29, 1.82) is 0 Å². The van der Waals surface area contributed by atoms with E-state index in [9.17, 15) is 10.2 Å².